The molecule has 21 heavy (non-hydrogen) atoms. The third kappa shape index (κ3) is 3.95. The minimum atomic E-state index is 0.0423. The van der Waals surface area contributed by atoms with Crippen LogP contribution in [0.3, 0.4) is 0 Å². The fourth-order valence-electron chi connectivity index (χ4n) is 3.44. The first kappa shape index (κ1) is 15.2. The van der Waals surface area contributed by atoms with Gasteiger partial charge in [0.05, 0.1) is 0 Å². The predicted octanol–water partition coefficient (Wildman–Crippen LogP) is 3.51. The summed E-state index contributed by atoms with van der Waals surface area (Å²) in [6.45, 7) is 10.2. The fraction of sp³-hybridized carbons (Fsp3) is 0.875. The van der Waals surface area contributed by atoms with E-state index in [9.17, 15) is 0 Å². The maximum Gasteiger partial charge on any atom is 0.202 e. The summed E-state index contributed by atoms with van der Waals surface area (Å²) in [4.78, 5) is 7.29. The molecule has 1 aromatic heterocycles. The van der Waals surface area contributed by atoms with Gasteiger partial charge in [0.15, 0.2) is 0 Å². The molecule has 0 spiro atoms. The van der Waals surface area contributed by atoms with Crippen molar-refractivity contribution >= 4 is 16.7 Å². The van der Waals surface area contributed by atoms with Gasteiger partial charge >= 0.3 is 0 Å². The maximum absolute atomic E-state index is 4.65. The summed E-state index contributed by atoms with van der Waals surface area (Å²) in [6.07, 6.45) is 7.01. The third-order valence-electron chi connectivity index (χ3n) is 4.69. The molecule has 2 fully saturated rings. The molecule has 1 aliphatic carbocycles. The number of rotatable bonds is 4. The lowest BCUT2D eigenvalue weighted by Gasteiger charge is -2.20. The third-order valence-corrected chi connectivity index (χ3v) is 5.33. The average molecular weight is 308 g/mol. The summed E-state index contributed by atoms with van der Waals surface area (Å²) in [6, 6.07) is 0.548. The second-order valence-electron chi connectivity index (χ2n) is 7.71. The van der Waals surface area contributed by atoms with Gasteiger partial charge in [-0.1, -0.05) is 33.6 Å². The Morgan fingerprint density at radius 3 is 2.67 bits per heavy atom. The Morgan fingerprint density at radius 2 is 2.00 bits per heavy atom. The number of nitrogens with zero attached hydrogens (tertiary/aromatic N) is 3. The van der Waals surface area contributed by atoms with Crippen molar-refractivity contribution in [3.8, 4) is 0 Å². The zero-order valence-electron chi connectivity index (χ0n) is 13.6. The zero-order valence-corrected chi connectivity index (χ0v) is 14.4. The Hall–Kier alpha value is -0.680. The molecular formula is C16H28N4S. The van der Waals surface area contributed by atoms with E-state index in [-0.39, 0.29) is 5.41 Å². The van der Waals surface area contributed by atoms with Crippen LogP contribution in [0.4, 0.5) is 5.13 Å². The van der Waals surface area contributed by atoms with Gasteiger partial charge in [-0.3, -0.25) is 0 Å². The van der Waals surface area contributed by atoms with Crippen LogP contribution in [0, 0.1) is 5.92 Å². The summed E-state index contributed by atoms with van der Waals surface area (Å²) in [5.41, 5.74) is 0.0423. The molecule has 0 amide bonds. The lowest BCUT2D eigenvalue weighted by atomic mass is 9.96. The quantitative estimate of drug-likeness (QED) is 0.924. The van der Waals surface area contributed by atoms with Crippen LogP contribution < -0.4 is 5.32 Å². The Balaban J connectivity index is 1.49. The maximum atomic E-state index is 4.65. The van der Waals surface area contributed by atoms with Crippen LogP contribution in [0.5, 0.6) is 0 Å². The van der Waals surface area contributed by atoms with Crippen LogP contribution in [-0.2, 0) is 5.41 Å². The molecule has 2 aliphatic rings. The van der Waals surface area contributed by atoms with E-state index in [2.05, 4.69) is 40.3 Å². The molecule has 1 N–H and O–H groups in total. The summed E-state index contributed by atoms with van der Waals surface area (Å²) < 4.78 is 4.49. The second-order valence-corrected chi connectivity index (χ2v) is 8.46. The van der Waals surface area contributed by atoms with E-state index in [0.29, 0.717) is 6.04 Å². The first-order valence-electron chi connectivity index (χ1n) is 8.34. The van der Waals surface area contributed by atoms with E-state index in [0.717, 1.165) is 16.9 Å². The minimum absolute atomic E-state index is 0.0423. The van der Waals surface area contributed by atoms with Gasteiger partial charge in [-0.05, 0) is 25.2 Å². The van der Waals surface area contributed by atoms with Crippen molar-refractivity contribution in [2.75, 3.05) is 25.0 Å². The van der Waals surface area contributed by atoms with Gasteiger partial charge in [-0.2, -0.15) is 4.37 Å². The van der Waals surface area contributed by atoms with Crippen LogP contribution >= 0.6 is 11.5 Å². The van der Waals surface area contributed by atoms with Crippen molar-refractivity contribution in [2.24, 2.45) is 5.92 Å². The zero-order chi connectivity index (χ0) is 14.9. The first-order valence-corrected chi connectivity index (χ1v) is 9.11. The average Bonchev–Trinajstić information content (AvgIpc) is 3.11. The number of nitrogens with one attached hydrogen (secondary N) is 1. The Bertz CT molecular complexity index is 459. The van der Waals surface area contributed by atoms with Crippen LogP contribution in [0.1, 0.15) is 58.7 Å². The molecule has 118 valence electrons. The van der Waals surface area contributed by atoms with Gasteiger partial charge in [-0.15, -0.1) is 0 Å². The van der Waals surface area contributed by atoms with Crippen molar-refractivity contribution in [1.29, 1.82) is 0 Å². The number of hydrogen-bond acceptors (Lipinski definition) is 5. The van der Waals surface area contributed by atoms with Crippen LogP contribution in [0.25, 0.3) is 0 Å². The normalized spacial score (nSPS) is 24.8. The summed E-state index contributed by atoms with van der Waals surface area (Å²) >= 11 is 1.51. The molecule has 0 bridgehead atoms. The molecule has 2 heterocycles. The molecular weight excluding hydrogens is 280 g/mol. The van der Waals surface area contributed by atoms with Crippen molar-refractivity contribution in [1.82, 2.24) is 14.3 Å². The van der Waals surface area contributed by atoms with Crippen molar-refractivity contribution in [2.45, 2.75) is 64.3 Å². The Kier molecular flexibility index (Phi) is 4.50. The van der Waals surface area contributed by atoms with E-state index in [1.165, 1.54) is 63.3 Å². The molecule has 1 saturated heterocycles. The van der Waals surface area contributed by atoms with Crippen LogP contribution in [0.2, 0.25) is 0 Å². The van der Waals surface area contributed by atoms with Crippen LogP contribution in [0.15, 0.2) is 0 Å². The van der Waals surface area contributed by atoms with Gasteiger partial charge in [-0.25, -0.2) is 4.98 Å². The fourth-order valence-corrected chi connectivity index (χ4v) is 4.27. The molecule has 3 rings (SSSR count). The van der Waals surface area contributed by atoms with Crippen molar-refractivity contribution < 1.29 is 0 Å². The molecule has 5 heteroatoms. The van der Waals surface area contributed by atoms with Crippen molar-refractivity contribution in [3.63, 3.8) is 0 Å². The smallest absolute Gasteiger partial charge is 0.202 e. The van der Waals surface area contributed by atoms with E-state index in [1.807, 2.05) is 0 Å². The molecule has 1 aliphatic heterocycles. The van der Waals surface area contributed by atoms with E-state index in [1.54, 1.807) is 0 Å². The second kappa shape index (κ2) is 6.21. The van der Waals surface area contributed by atoms with Gasteiger partial charge < -0.3 is 10.2 Å². The number of anilines is 1. The van der Waals surface area contributed by atoms with Gasteiger partial charge in [0, 0.05) is 42.6 Å². The Labute approximate surface area is 132 Å². The molecule has 1 unspecified atom stereocenters. The largest absolute Gasteiger partial charge is 0.356 e. The molecule has 1 aromatic rings. The minimum Gasteiger partial charge on any atom is -0.356 e. The van der Waals surface area contributed by atoms with Gasteiger partial charge in [0.25, 0.3) is 0 Å². The number of likely N-dealkylation sites (tertiary alicyclic amines) is 1. The monoisotopic (exact) mass is 308 g/mol. The number of aromatic nitrogens is 2. The highest BCUT2D eigenvalue weighted by molar-refractivity contribution is 7.09. The highest BCUT2D eigenvalue weighted by atomic mass is 32.1. The predicted molar refractivity (Wildman–Crippen MR) is 89.0 cm³/mol. The molecule has 1 atom stereocenters. The highest BCUT2D eigenvalue weighted by Crippen LogP contribution is 2.28. The first-order chi connectivity index (χ1) is 10.0. The molecule has 1 saturated carbocycles. The molecule has 4 nitrogen and oxygen atoms in total. The molecule has 0 radical (unpaired) electrons. The van der Waals surface area contributed by atoms with Crippen LogP contribution in [-0.4, -0.2) is 39.9 Å². The van der Waals surface area contributed by atoms with E-state index in [4.69, 9.17) is 0 Å². The standard InChI is InChI=1S/C16H28N4S/c1-16(2,3)14-18-15(21-19-14)17-13-8-9-20(11-13)10-12-6-4-5-7-12/h12-13H,4-11H2,1-3H3,(H,17,18,19). The lowest BCUT2D eigenvalue weighted by molar-refractivity contribution is 0.278. The SMILES string of the molecule is CC(C)(C)c1nsc(NC2CCN(CC3CCCC3)C2)n1. The Morgan fingerprint density at radius 1 is 1.24 bits per heavy atom. The summed E-state index contributed by atoms with van der Waals surface area (Å²) in [7, 11) is 0. The molecule has 0 aromatic carbocycles. The van der Waals surface area contributed by atoms with E-state index < -0.39 is 0 Å². The lowest BCUT2D eigenvalue weighted by Crippen LogP contribution is -2.29. The van der Waals surface area contributed by atoms with Crippen molar-refractivity contribution in [3.05, 3.63) is 5.82 Å². The number of hydrogen-bond donors (Lipinski definition) is 1. The topological polar surface area (TPSA) is 41.1 Å². The van der Waals surface area contributed by atoms with E-state index >= 15 is 0 Å². The van der Waals surface area contributed by atoms with Gasteiger partial charge in [0.2, 0.25) is 5.13 Å². The summed E-state index contributed by atoms with van der Waals surface area (Å²) in [5, 5.41) is 4.58. The highest BCUT2D eigenvalue weighted by Gasteiger charge is 2.27. The summed E-state index contributed by atoms with van der Waals surface area (Å²) in [5.74, 6) is 1.91. The van der Waals surface area contributed by atoms with Gasteiger partial charge in [0.1, 0.15) is 5.82 Å².